The van der Waals surface area contributed by atoms with Crippen molar-refractivity contribution in [3.63, 3.8) is 0 Å². The van der Waals surface area contributed by atoms with E-state index in [1.165, 1.54) is 48.6 Å². The average Bonchev–Trinajstić information content (AvgIpc) is 3.46. The van der Waals surface area contributed by atoms with Crippen molar-refractivity contribution >= 4 is 40.0 Å². The molecule has 4 heteroatoms. The Morgan fingerprint density at radius 3 is 1.64 bits per heavy atom. The van der Waals surface area contributed by atoms with Crippen LogP contribution in [0.25, 0.3) is 89.1 Å². The van der Waals surface area contributed by atoms with Gasteiger partial charge in [0.25, 0.3) is 0 Å². The van der Waals surface area contributed by atoms with E-state index >= 15 is 0 Å². The second kappa shape index (κ2) is 12.3. The van der Waals surface area contributed by atoms with Crippen LogP contribution in [0.1, 0.15) is 0 Å². The standard InChI is InChI=1S/C49H35N3Si/c1-53(2)45-31-39(27-28-43(45)44-29-26-34-15-7-9-20-42(34)46(44)53)49-51-47(50-48(52-49)38-18-10-17-37(30-38)32-12-4-3-5-13-32)36-24-22-35(23-25-36)41-21-11-16-33-14-6-8-19-40(33)41/h3-31H,1-2H3. The molecule has 0 amide bonds. The summed E-state index contributed by atoms with van der Waals surface area (Å²) in [6, 6.07) is 62.9. The molecule has 0 N–H and O–H groups in total. The lowest BCUT2D eigenvalue weighted by Gasteiger charge is -2.21. The van der Waals surface area contributed by atoms with Gasteiger partial charge in [0, 0.05) is 16.7 Å². The highest BCUT2D eigenvalue weighted by atomic mass is 28.3. The number of rotatable bonds is 5. The van der Waals surface area contributed by atoms with E-state index in [9.17, 15) is 0 Å². The Kier molecular flexibility index (Phi) is 7.27. The molecule has 250 valence electrons. The largest absolute Gasteiger partial charge is 0.208 e. The van der Waals surface area contributed by atoms with Gasteiger partial charge in [0.05, 0.1) is 0 Å². The number of fused-ring (bicyclic) bond motifs is 6. The predicted octanol–water partition coefficient (Wildman–Crippen LogP) is 11.3. The smallest absolute Gasteiger partial charge is 0.164 e. The fourth-order valence-electron chi connectivity index (χ4n) is 8.25. The normalized spacial score (nSPS) is 12.9. The molecule has 0 spiro atoms. The molecule has 0 bridgehead atoms. The number of benzene rings is 8. The maximum Gasteiger partial charge on any atom is 0.164 e. The van der Waals surface area contributed by atoms with E-state index in [1.54, 1.807) is 0 Å². The third kappa shape index (κ3) is 5.30. The third-order valence-corrected chi connectivity index (χ3v) is 14.5. The highest BCUT2D eigenvalue weighted by Gasteiger charge is 2.39. The maximum absolute atomic E-state index is 5.20. The molecular weight excluding hydrogens is 659 g/mol. The molecule has 10 rings (SSSR count). The molecular formula is C49H35N3Si. The summed E-state index contributed by atoms with van der Waals surface area (Å²) < 4.78 is 0. The summed E-state index contributed by atoms with van der Waals surface area (Å²) in [5.41, 5.74) is 10.3. The molecule has 8 aromatic carbocycles. The summed E-state index contributed by atoms with van der Waals surface area (Å²) in [6.07, 6.45) is 0. The van der Waals surface area contributed by atoms with Crippen LogP contribution in [0.5, 0.6) is 0 Å². The van der Waals surface area contributed by atoms with E-state index in [0.717, 1.165) is 33.4 Å². The minimum Gasteiger partial charge on any atom is -0.208 e. The van der Waals surface area contributed by atoms with Crippen molar-refractivity contribution in [3.05, 3.63) is 176 Å². The van der Waals surface area contributed by atoms with Gasteiger partial charge in [0.15, 0.2) is 17.5 Å². The summed E-state index contributed by atoms with van der Waals surface area (Å²) in [6.45, 7) is 4.95. The van der Waals surface area contributed by atoms with E-state index in [2.05, 4.69) is 183 Å². The fourth-order valence-corrected chi connectivity index (χ4v) is 11.7. The first-order valence-corrected chi connectivity index (χ1v) is 21.2. The fraction of sp³-hybridized carbons (Fsp3) is 0.0408. The van der Waals surface area contributed by atoms with Crippen molar-refractivity contribution in [3.8, 4) is 67.5 Å². The van der Waals surface area contributed by atoms with Gasteiger partial charge >= 0.3 is 0 Å². The van der Waals surface area contributed by atoms with E-state index in [0.29, 0.717) is 17.5 Å². The molecule has 0 radical (unpaired) electrons. The molecule has 1 aromatic heterocycles. The Morgan fingerprint density at radius 1 is 0.340 bits per heavy atom. The van der Waals surface area contributed by atoms with Gasteiger partial charge in [-0.2, -0.15) is 0 Å². The molecule has 0 saturated heterocycles. The Bertz CT molecular complexity index is 2850. The monoisotopic (exact) mass is 693 g/mol. The van der Waals surface area contributed by atoms with Crippen molar-refractivity contribution < 1.29 is 0 Å². The molecule has 1 aliphatic heterocycles. The second-order valence-electron chi connectivity index (χ2n) is 14.5. The molecule has 0 unspecified atom stereocenters. The molecule has 3 nitrogen and oxygen atoms in total. The topological polar surface area (TPSA) is 38.7 Å². The zero-order valence-corrected chi connectivity index (χ0v) is 30.6. The van der Waals surface area contributed by atoms with Gasteiger partial charge in [0.2, 0.25) is 0 Å². The molecule has 53 heavy (non-hydrogen) atoms. The Morgan fingerprint density at radius 2 is 0.868 bits per heavy atom. The van der Waals surface area contributed by atoms with Crippen LogP contribution in [0.15, 0.2) is 176 Å². The molecule has 0 saturated carbocycles. The average molecular weight is 694 g/mol. The zero-order chi connectivity index (χ0) is 35.5. The number of hydrogen-bond donors (Lipinski definition) is 0. The van der Waals surface area contributed by atoms with Crippen LogP contribution < -0.4 is 10.4 Å². The lowest BCUT2D eigenvalue weighted by atomic mass is 9.97. The third-order valence-electron chi connectivity index (χ3n) is 10.9. The van der Waals surface area contributed by atoms with Crippen molar-refractivity contribution in [2.45, 2.75) is 13.1 Å². The van der Waals surface area contributed by atoms with Crippen LogP contribution in [0, 0.1) is 0 Å². The summed E-state index contributed by atoms with van der Waals surface area (Å²) in [4.78, 5) is 15.5. The van der Waals surface area contributed by atoms with Crippen LogP contribution in [-0.4, -0.2) is 23.0 Å². The van der Waals surface area contributed by atoms with Gasteiger partial charge in [-0.1, -0.05) is 183 Å². The van der Waals surface area contributed by atoms with Crippen molar-refractivity contribution in [1.82, 2.24) is 15.0 Å². The van der Waals surface area contributed by atoms with Crippen LogP contribution in [0.3, 0.4) is 0 Å². The molecule has 0 aliphatic carbocycles. The minimum atomic E-state index is -2.04. The molecule has 0 fully saturated rings. The number of aromatic nitrogens is 3. The van der Waals surface area contributed by atoms with Crippen LogP contribution in [0.2, 0.25) is 13.1 Å². The summed E-state index contributed by atoms with van der Waals surface area (Å²) in [7, 11) is -2.04. The minimum absolute atomic E-state index is 0.658. The second-order valence-corrected chi connectivity index (χ2v) is 18.7. The molecule has 2 heterocycles. The highest BCUT2D eigenvalue weighted by molar-refractivity contribution is 7.05. The summed E-state index contributed by atoms with van der Waals surface area (Å²) in [5.74, 6) is 2.00. The zero-order valence-electron chi connectivity index (χ0n) is 29.6. The van der Waals surface area contributed by atoms with Gasteiger partial charge in [-0.25, -0.2) is 15.0 Å². The molecule has 9 aromatic rings. The SMILES string of the molecule is C[Si]1(C)c2cc(-c3nc(-c4ccc(-c5cccc6ccccc56)cc4)nc(-c4cccc(-c5ccccc5)c4)n3)ccc2-c2ccc3ccccc3c21. The van der Waals surface area contributed by atoms with E-state index in [4.69, 9.17) is 15.0 Å². The summed E-state index contributed by atoms with van der Waals surface area (Å²) in [5, 5.41) is 8.09. The van der Waals surface area contributed by atoms with E-state index < -0.39 is 8.07 Å². The van der Waals surface area contributed by atoms with Gasteiger partial charge in [-0.15, -0.1) is 0 Å². The lowest BCUT2D eigenvalue weighted by Crippen LogP contribution is -2.49. The summed E-state index contributed by atoms with van der Waals surface area (Å²) >= 11 is 0. The van der Waals surface area contributed by atoms with Crippen molar-refractivity contribution in [1.29, 1.82) is 0 Å². The van der Waals surface area contributed by atoms with Crippen molar-refractivity contribution in [2.24, 2.45) is 0 Å². The first kappa shape index (κ1) is 31.3. The first-order valence-electron chi connectivity index (χ1n) is 18.2. The van der Waals surface area contributed by atoms with Gasteiger partial charge in [-0.3, -0.25) is 0 Å². The van der Waals surface area contributed by atoms with Gasteiger partial charge in [0.1, 0.15) is 8.07 Å². The van der Waals surface area contributed by atoms with Crippen LogP contribution >= 0.6 is 0 Å². The highest BCUT2D eigenvalue weighted by Crippen LogP contribution is 2.35. The van der Waals surface area contributed by atoms with Crippen LogP contribution in [-0.2, 0) is 0 Å². The first-order chi connectivity index (χ1) is 26.0. The van der Waals surface area contributed by atoms with E-state index in [1.807, 2.05) is 6.07 Å². The van der Waals surface area contributed by atoms with Gasteiger partial charge < -0.3 is 0 Å². The molecule has 0 atom stereocenters. The molecule has 1 aliphatic rings. The Hall–Kier alpha value is -6.49. The lowest BCUT2D eigenvalue weighted by molar-refractivity contribution is 1.07. The van der Waals surface area contributed by atoms with E-state index in [-0.39, 0.29) is 0 Å². The van der Waals surface area contributed by atoms with Crippen LogP contribution in [0.4, 0.5) is 0 Å². The Labute approximate surface area is 310 Å². The number of nitrogens with zero attached hydrogens (tertiary/aromatic N) is 3. The maximum atomic E-state index is 5.20. The number of hydrogen-bond acceptors (Lipinski definition) is 3. The van der Waals surface area contributed by atoms with Gasteiger partial charge in [-0.05, 0) is 71.4 Å². The quantitative estimate of drug-likeness (QED) is 0.168. The van der Waals surface area contributed by atoms with Crippen molar-refractivity contribution in [2.75, 3.05) is 0 Å². The predicted molar refractivity (Wildman–Crippen MR) is 224 cm³/mol. The Balaban J connectivity index is 1.11.